The van der Waals surface area contributed by atoms with Crippen molar-refractivity contribution < 1.29 is 13.2 Å². The molecule has 114 valence electrons. The van der Waals surface area contributed by atoms with Crippen LogP contribution in [0.4, 0.5) is 0 Å². The second-order valence-electron chi connectivity index (χ2n) is 4.89. The normalized spacial score (nSPS) is 11.6. The van der Waals surface area contributed by atoms with E-state index in [2.05, 4.69) is 14.9 Å². The van der Waals surface area contributed by atoms with Gasteiger partial charge < -0.3 is 4.90 Å². The largest absolute Gasteiger partial charge is 0.345 e. The van der Waals surface area contributed by atoms with Gasteiger partial charge in [0.15, 0.2) is 0 Å². The van der Waals surface area contributed by atoms with E-state index >= 15 is 0 Å². The van der Waals surface area contributed by atoms with Gasteiger partial charge in [-0.25, -0.2) is 13.1 Å². The number of hydrogen-bond donors (Lipinski definition) is 2. The predicted molar refractivity (Wildman–Crippen MR) is 76.9 cm³/mol. The third-order valence-corrected chi connectivity index (χ3v) is 3.84. The van der Waals surface area contributed by atoms with Gasteiger partial charge in [-0.2, -0.15) is 5.10 Å². The first kappa shape index (κ1) is 16.6. The Morgan fingerprint density at radius 2 is 2.05 bits per heavy atom. The average Bonchev–Trinajstić information content (AvgIpc) is 2.64. The van der Waals surface area contributed by atoms with Gasteiger partial charge in [0.25, 0.3) is 0 Å². The number of sulfonamides is 1. The summed E-state index contributed by atoms with van der Waals surface area (Å²) in [5.41, 5.74) is 3.09. The van der Waals surface area contributed by atoms with Crippen LogP contribution >= 0.6 is 0 Å². The lowest BCUT2D eigenvalue weighted by atomic mass is 10.1. The van der Waals surface area contributed by atoms with Crippen molar-refractivity contribution in [3.63, 3.8) is 0 Å². The van der Waals surface area contributed by atoms with Gasteiger partial charge in [-0.15, -0.1) is 0 Å². The fraction of sp³-hybridized carbons (Fsp3) is 0.667. The van der Waals surface area contributed by atoms with Crippen molar-refractivity contribution in [2.75, 3.05) is 26.4 Å². The Bertz CT molecular complexity index is 546. The van der Waals surface area contributed by atoms with Gasteiger partial charge in [0.1, 0.15) is 0 Å². The molecule has 1 rings (SSSR count). The molecule has 0 bridgehead atoms. The van der Waals surface area contributed by atoms with Crippen molar-refractivity contribution in [3.8, 4) is 0 Å². The molecular formula is C12H22N4O3S. The van der Waals surface area contributed by atoms with Gasteiger partial charge in [-0.3, -0.25) is 9.89 Å². The highest BCUT2D eigenvalue weighted by Gasteiger charge is 2.12. The fourth-order valence-electron chi connectivity index (χ4n) is 1.88. The molecule has 0 aliphatic heterocycles. The molecule has 0 spiro atoms. The predicted octanol–water partition coefficient (Wildman–Crippen LogP) is -0.0333. The van der Waals surface area contributed by atoms with E-state index in [0.717, 1.165) is 29.6 Å². The smallest absolute Gasteiger partial charge is 0.223 e. The maximum Gasteiger partial charge on any atom is 0.223 e. The summed E-state index contributed by atoms with van der Waals surface area (Å²) in [6.07, 6.45) is 1.97. The number of aryl methyl sites for hydroxylation is 2. The van der Waals surface area contributed by atoms with Crippen LogP contribution in [-0.4, -0.2) is 55.8 Å². The summed E-state index contributed by atoms with van der Waals surface area (Å²) in [6, 6.07) is 0. The van der Waals surface area contributed by atoms with E-state index in [4.69, 9.17) is 0 Å². The number of aromatic amines is 1. The van der Waals surface area contributed by atoms with Crippen LogP contribution in [0.3, 0.4) is 0 Å². The van der Waals surface area contributed by atoms with Gasteiger partial charge in [0, 0.05) is 32.3 Å². The van der Waals surface area contributed by atoms with Crippen molar-refractivity contribution in [3.05, 3.63) is 17.0 Å². The molecule has 0 aliphatic rings. The van der Waals surface area contributed by atoms with Crippen LogP contribution in [0.1, 0.15) is 23.4 Å². The number of carbonyl (C=O) groups is 1. The molecule has 1 heterocycles. The first-order valence-corrected chi connectivity index (χ1v) is 8.29. The third-order valence-electron chi connectivity index (χ3n) is 3.11. The van der Waals surface area contributed by atoms with Gasteiger partial charge in [-0.05, 0) is 25.8 Å². The maximum absolute atomic E-state index is 11.8. The maximum atomic E-state index is 11.8. The lowest BCUT2D eigenvalue weighted by Crippen LogP contribution is -2.33. The minimum absolute atomic E-state index is 0.0834. The Balaban J connectivity index is 2.39. The number of nitrogens with one attached hydrogen (secondary N) is 2. The standard InChI is InChI=1S/C12H22N4O3S/c1-9-11(10(2)15-14-9)6-8-16(3)12(17)5-7-13-20(4,18)19/h13H,5-8H2,1-4H3,(H,14,15). The Labute approximate surface area is 119 Å². The van der Waals surface area contributed by atoms with Crippen LogP contribution in [0.25, 0.3) is 0 Å². The first-order valence-electron chi connectivity index (χ1n) is 6.39. The van der Waals surface area contributed by atoms with E-state index in [1.54, 1.807) is 11.9 Å². The summed E-state index contributed by atoms with van der Waals surface area (Å²) in [7, 11) is -1.52. The lowest BCUT2D eigenvalue weighted by Gasteiger charge is -2.17. The van der Waals surface area contributed by atoms with Gasteiger partial charge in [0.05, 0.1) is 11.9 Å². The summed E-state index contributed by atoms with van der Waals surface area (Å²) in [5, 5.41) is 7.02. The highest BCUT2D eigenvalue weighted by Crippen LogP contribution is 2.10. The number of nitrogens with zero attached hydrogens (tertiary/aromatic N) is 2. The molecule has 1 amide bonds. The van der Waals surface area contributed by atoms with E-state index in [0.29, 0.717) is 6.54 Å². The number of amides is 1. The van der Waals surface area contributed by atoms with E-state index in [-0.39, 0.29) is 18.9 Å². The van der Waals surface area contributed by atoms with Crippen LogP contribution in [0.5, 0.6) is 0 Å². The molecule has 20 heavy (non-hydrogen) atoms. The Morgan fingerprint density at radius 1 is 1.40 bits per heavy atom. The van der Waals surface area contributed by atoms with E-state index in [1.807, 2.05) is 13.8 Å². The molecule has 0 radical (unpaired) electrons. The number of carbonyl (C=O) groups excluding carboxylic acids is 1. The monoisotopic (exact) mass is 302 g/mol. The molecule has 0 saturated heterocycles. The quantitative estimate of drug-likeness (QED) is 0.739. The van der Waals surface area contributed by atoms with Crippen molar-refractivity contribution in [2.24, 2.45) is 0 Å². The highest BCUT2D eigenvalue weighted by atomic mass is 32.2. The summed E-state index contributed by atoms with van der Waals surface area (Å²) < 4.78 is 24.1. The molecule has 0 saturated carbocycles. The van der Waals surface area contributed by atoms with Gasteiger partial charge >= 0.3 is 0 Å². The van der Waals surface area contributed by atoms with E-state index in [9.17, 15) is 13.2 Å². The Kier molecular flexibility index (Phi) is 5.70. The zero-order chi connectivity index (χ0) is 15.3. The van der Waals surface area contributed by atoms with Gasteiger partial charge in [0.2, 0.25) is 15.9 Å². The highest BCUT2D eigenvalue weighted by molar-refractivity contribution is 7.88. The minimum atomic E-state index is -3.24. The van der Waals surface area contributed by atoms with Gasteiger partial charge in [-0.1, -0.05) is 0 Å². The third kappa shape index (κ3) is 5.30. The Morgan fingerprint density at radius 3 is 2.55 bits per heavy atom. The van der Waals surface area contributed by atoms with Crippen molar-refractivity contribution in [1.82, 2.24) is 19.8 Å². The Hall–Kier alpha value is -1.41. The molecule has 8 heteroatoms. The fourth-order valence-corrected chi connectivity index (χ4v) is 2.35. The van der Waals surface area contributed by atoms with E-state index in [1.165, 1.54) is 0 Å². The second kappa shape index (κ2) is 6.85. The molecule has 1 aromatic heterocycles. The molecule has 0 atom stereocenters. The van der Waals surface area contributed by atoms with Crippen molar-refractivity contribution in [1.29, 1.82) is 0 Å². The molecule has 1 aromatic rings. The van der Waals surface area contributed by atoms with Crippen LogP contribution in [0.15, 0.2) is 0 Å². The van der Waals surface area contributed by atoms with Crippen LogP contribution in [0, 0.1) is 13.8 Å². The lowest BCUT2D eigenvalue weighted by molar-refractivity contribution is -0.129. The molecule has 0 unspecified atom stereocenters. The molecule has 0 aliphatic carbocycles. The molecular weight excluding hydrogens is 280 g/mol. The topological polar surface area (TPSA) is 95.2 Å². The zero-order valence-electron chi connectivity index (χ0n) is 12.4. The summed E-state index contributed by atoms with van der Waals surface area (Å²) in [6.45, 7) is 4.59. The molecule has 7 nitrogen and oxygen atoms in total. The minimum Gasteiger partial charge on any atom is -0.345 e. The van der Waals surface area contributed by atoms with Crippen LogP contribution in [0.2, 0.25) is 0 Å². The number of rotatable bonds is 7. The zero-order valence-corrected chi connectivity index (χ0v) is 13.2. The van der Waals surface area contributed by atoms with Crippen LogP contribution in [-0.2, 0) is 21.2 Å². The summed E-state index contributed by atoms with van der Waals surface area (Å²) >= 11 is 0. The SMILES string of the molecule is Cc1n[nH]c(C)c1CCN(C)C(=O)CCNS(C)(=O)=O. The molecule has 0 aromatic carbocycles. The molecule has 0 fully saturated rings. The van der Waals surface area contributed by atoms with Crippen LogP contribution < -0.4 is 4.72 Å². The average molecular weight is 302 g/mol. The number of aromatic nitrogens is 2. The number of likely N-dealkylation sites (N-methyl/N-ethyl adjacent to an activating group) is 1. The van der Waals surface area contributed by atoms with E-state index < -0.39 is 10.0 Å². The molecule has 2 N–H and O–H groups in total. The number of hydrogen-bond acceptors (Lipinski definition) is 4. The number of H-pyrrole nitrogens is 1. The van der Waals surface area contributed by atoms with Crippen molar-refractivity contribution in [2.45, 2.75) is 26.7 Å². The summed E-state index contributed by atoms with van der Waals surface area (Å²) in [4.78, 5) is 13.4. The van der Waals surface area contributed by atoms with Crippen molar-refractivity contribution >= 4 is 15.9 Å². The second-order valence-corrected chi connectivity index (χ2v) is 6.73. The first-order chi connectivity index (χ1) is 9.20. The summed E-state index contributed by atoms with van der Waals surface area (Å²) in [5.74, 6) is -0.0834.